The van der Waals surface area contributed by atoms with E-state index in [0.717, 1.165) is 4.88 Å². The summed E-state index contributed by atoms with van der Waals surface area (Å²) in [5.41, 5.74) is 0.189. The zero-order valence-electron chi connectivity index (χ0n) is 9.01. The minimum absolute atomic E-state index is 0.113. The van der Waals surface area contributed by atoms with Gasteiger partial charge in [0.15, 0.2) is 5.82 Å². The van der Waals surface area contributed by atoms with Crippen LogP contribution < -0.4 is 0 Å². The number of ether oxygens (including phenoxy) is 1. The molecule has 0 spiro atoms. The molecule has 0 aliphatic heterocycles. The van der Waals surface area contributed by atoms with Crippen LogP contribution in [-0.2, 0) is 4.74 Å². The third kappa shape index (κ3) is 2.62. The van der Waals surface area contributed by atoms with Crippen molar-refractivity contribution in [3.8, 4) is 10.7 Å². The molecule has 17 heavy (non-hydrogen) atoms. The molecule has 0 bridgehead atoms. The summed E-state index contributed by atoms with van der Waals surface area (Å²) in [6.45, 7) is 2.02. The molecule has 88 valence electrons. The van der Waals surface area contributed by atoms with Gasteiger partial charge in [-0.25, -0.2) is 14.8 Å². The van der Waals surface area contributed by atoms with E-state index in [1.807, 2.05) is 17.5 Å². The molecule has 2 rings (SSSR count). The van der Waals surface area contributed by atoms with Gasteiger partial charge in [0.1, 0.15) is 10.7 Å². The summed E-state index contributed by atoms with van der Waals surface area (Å²) in [6, 6.07) is 3.79. The molecule has 0 fully saturated rings. The van der Waals surface area contributed by atoms with E-state index in [1.54, 1.807) is 6.92 Å². The van der Waals surface area contributed by atoms with E-state index < -0.39 is 5.97 Å². The van der Waals surface area contributed by atoms with Crippen molar-refractivity contribution in [1.29, 1.82) is 0 Å². The standard InChI is InChI=1S/C11H9ClN2O2S/c1-2-16-11(15)7-6-13-10(14-9(7)12)8-4-3-5-17-8/h3-6H,2H2,1H3. The first-order chi connectivity index (χ1) is 8.22. The van der Waals surface area contributed by atoms with Gasteiger partial charge < -0.3 is 4.74 Å². The summed E-state index contributed by atoms with van der Waals surface area (Å²) < 4.78 is 4.84. The summed E-state index contributed by atoms with van der Waals surface area (Å²) in [4.78, 5) is 20.6. The van der Waals surface area contributed by atoms with Gasteiger partial charge in [-0.05, 0) is 18.4 Å². The summed E-state index contributed by atoms with van der Waals surface area (Å²) in [6.07, 6.45) is 1.39. The minimum Gasteiger partial charge on any atom is -0.462 e. The lowest BCUT2D eigenvalue weighted by Crippen LogP contribution is -2.07. The van der Waals surface area contributed by atoms with Crippen molar-refractivity contribution in [2.24, 2.45) is 0 Å². The van der Waals surface area contributed by atoms with Crippen molar-refractivity contribution < 1.29 is 9.53 Å². The van der Waals surface area contributed by atoms with Crippen LogP contribution in [0.5, 0.6) is 0 Å². The van der Waals surface area contributed by atoms with Crippen molar-refractivity contribution in [2.45, 2.75) is 6.92 Å². The molecule has 0 saturated carbocycles. The highest BCUT2D eigenvalue weighted by molar-refractivity contribution is 7.13. The van der Waals surface area contributed by atoms with Crippen molar-refractivity contribution in [2.75, 3.05) is 6.61 Å². The van der Waals surface area contributed by atoms with E-state index in [0.29, 0.717) is 12.4 Å². The molecule has 0 N–H and O–H groups in total. The Labute approximate surface area is 107 Å². The quantitative estimate of drug-likeness (QED) is 0.634. The zero-order chi connectivity index (χ0) is 12.3. The van der Waals surface area contributed by atoms with Crippen LogP contribution in [0.15, 0.2) is 23.7 Å². The number of hydrogen-bond acceptors (Lipinski definition) is 5. The van der Waals surface area contributed by atoms with Gasteiger partial charge in [-0.3, -0.25) is 0 Å². The second-order valence-electron chi connectivity index (χ2n) is 3.10. The summed E-state index contributed by atoms with van der Waals surface area (Å²) in [5.74, 6) is 0.00766. The third-order valence-electron chi connectivity index (χ3n) is 1.98. The Morgan fingerprint density at radius 3 is 3.00 bits per heavy atom. The van der Waals surface area contributed by atoms with E-state index in [9.17, 15) is 4.79 Å². The predicted octanol–water partition coefficient (Wildman–Crippen LogP) is 3.04. The van der Waals surface area contributed by atoms with Crippen LogP contribution in [0.4, 0.5) is 0 Å². The third-order valence-corrected chi connectivity index (χ3v) is 3.13. The van der Waals surface area contributed by atoms with E-state index in [4.69, 9.17) is 16.3 Å². The Hall–Kier alpha value is -1.46. The smallest absolute Gasteiger partial charge is 0.342 e. The minimum atomic E-state index is -0.504. The topological polar surface area (TPSA) is 52.1 Å². The Morgan fingerprint density at radius 1 is 1.59 bits per heavy atom. The fraction of sp³-hybridized carbons (Fsp3) is 0.182. The van der Waals surface area contributed by atoms with E-state index in [-0.39, 0.29) is 10.7 Å². The molecule has 2 aromatic rings. The lowest BCUT2D eigenvalue weighted by atomic mass is 10.3. The largest absolute Gasteiger partial charge is 0.462 e. The normalized spacial score (nSPS) is 10.2. The van der Waals surface area contributed by atoms with Crippen LogP contribution >= 0.6 is 22.9 Å². The maximum absolute atomic E-state index is 11.5. The fourth-order valence-corrected chi connectivity index (χ4v) is 2.10. The average molecular weight is 269 g/mol. The number of nitrogens with zero attached hydrogens (tertiary/aromatic N) is 2. The molecule has 0 aliphatic carbocycles. The molecular formula is C11H9ClN2O2S. The van der Waals surface area contributed by atoms with Crippen LogP contribution in [0.2, 0.25) is 5.15 Å². The van der Waals surface area contributed by atoms with E-state index >= 15 is 0 Å². The Morgan fingerprint density at radius 2 is 2.41 bits per heavy atom. The molecular weight excluding hydrogens is 260 g/mol. The molecule has 0 saturated heterocycles. The Bertz CT molecular complexity index is 528. The first-order valence-corrected chi connectivity index (χ1v) is 6.21. The molecule has 0 aliphatic rings. The average Bonchev–Trinajstić information content (AvgIpc) is 2.82. The highest BCUT2D eigenvalue weighted by Gasteiger charge is 2.15. The number of aromatic nitrogens is 2. The first kappa shape index (κ1) is 12.0. The van der Waals surface area contributed by atoms with Gasteiger partial charge in [-0.2, -0.15) is 0 Å². The number of carbonyl (C=O) groups is 1. The second-order valence-corrected chi connectivity index (χ2v) is 4.40. The number of rotatable bonds is 3. The first-order valence-electron chi connectivity index (χ1n) is 4.96. The summed E-state index contributed by atoms with van der Waals surface area (Å²) >= 11 is 7.44. The van der Waals surface area contributed by atoms with Gasteiger partial charge in [0.25, 0.3) is 0 Å². The SMILES string of the molecule is CCOC(=O)c1cnc(-c2cccs2)nc1Cl. The van der Waals surface area contributed by atoms with Gasteiger partial charge in [0, 0.05) is 6.20 Å². The van der Waals surface area contributed by atoms with Crippen molar-refractivity contribution in [1.82, 2.24) is 9.97 Å². The molecule has 4 nitrogen and oxygen atoms in total. The molecule has 0 atom stereocenters. The Balaban J connectivity index is 2.32. The highest BCUT2D eigenvalue weighted by atomic mass is 35.5. The molecule has 6 heteroatoms. The number of hydrogen-bond donors (Lipinski definition) is 0. The molecule has 0 unspecified atom stereocenters. The fourth-order valence-electron chi connectivity index (χ4n) is 1.23. The van der Waals surface area contributed by atoms with Crippen molar-refractivity contribution >= 4 is 28.9 Å². The number of halogens is 1. The Kier molecular flexibility index (Phi) is 3.71. The lowest BCUT2D eigenvalue weighted by molar-refractivity contribution is 0.0525. The molecule has 0 aromatic carbocycles. The van der Waals surface area contributed by atoms with Gasteiger partial charge >= 0.3 is 5.97 Å². The van der Waals surface area contributed by atoms with Crippen LogP contribution in [0, 0.1) is 0 Å². The zero-order valence-corrected chi connectivity index (χ0v) is 10.6. The van der Waals surface area contributed by atoms with Crippen molar-refractivity contribution in [3.63, 3.8) is 0 Å². The molecule has 2 heterocycles. The number of carbonyl (C=O) groups excluding carboxylic acids is 1. The van der Waals surface area contributed by atoms with E-state index in [2.05, 4.69) is 9.97 Å². The van der Waals surface area contributed by atoms with Crippen LogP contribution in [-0.4, -0.2) is 22.5 Å². The summed E-state index contributed by atoms with van der Waals surface area (Å²) in [5, 5.41) is 2.04. The predicted molar refractivity (Wildman–Crippen MR) is 66.3 cm³/mol. The second kappa shape index (κ2) is 5.25. The van der Waals surface area contributed by atoms with Crippen LogP contribution in [0.3, 0.4) is 0 Å². The maximum atomic E-state index is 11.5. The number of esters is 1. The maximum Gasteiger partial charge on any atom is 0.342 e. The van der Waals surface area contributed by atoms with Gasteiger partial charge in [0.2, 0.25) is 0 Å². The summed E-state index contributed by atoms with van der Waals surface area (Å²) in [7, 11) is 0. The van der Waals surface area contributed by atoms with Crippen LogP contribution in [0.1, 0.15) is 17.3 Å². The number of thiophene rings is 1. The lowest BCUT2D eigenvalue weighted by Gasteiger charge is -2.03. The van der Waals surface area contributed by atoms with Crippen LogP contribution in [0.25, 0.3) is 10.7 Å². The highest BCUT2D eigenvalue weighted by Crippen LogP contribution is 2.23. The molecule has 2 aromatic heterocycles. The molecule has 0 radical (unpaired) electrons. The van der Waals surface area contributed by atoms with Gasteiger partial charge in [0.05, 0.1) is 11.5 Å². The van der Waals surface area contributed by atoms with Gasteiger partial charge in [-0.1, -0.05) is 17.7 Å². The van der Waals surface area contributed by atoms with E-state index in [1.165, 1.54) is 17.5 Å². The molecule has 0 amide bonds. The van der Waals surface area contributed by atoms with Crippen molar-refractivity contribution in [3.05, 3.63) is 34.4 Å². The van der Waals surface area contributed by atoms with Gasteiger partial charge in [-0.15, -0.1) is 11.3 Å². The monoisotopic (exact) mass is 268 g/mol.